The van der Waals surface area contributed by atoms with Crippen molar-refractivity contribution in [2.45, 2.75) is 45.8 Å². The molecule has 2 rings (SSSR count). The summed E-state index contributed by atoms with van der Waals surface area (Å²) < 4.78 is 37.9. The third kappa shape index (κ3) is 6.48. The molecule has 12 heteroatoms. The number of carbonyl (C=O) groups excluding carboxylic acids is 3. The zero-order valence-electron chi connectivity index (χ0n) is 17.1. The number of nitrogens with one attached hydrogen (secondary N) is 2. The van der Waals surface area contributed by atoms with Gasteiger partial charge in [-0.1, -0.05) is 13.8 Å². The normalized spacial score (nSPS) is 31.1. The van der Waals surface area contributed by atoms with Gasteiger partial charge >= 0.3 is 19.8 Å². The molecule has 0 spiro atoms. The van der Waals surface area contributed by atoms with Gasteiger partial charge in [-0.25, -0.2) is 9.09 Å². The number of methoxy groups -OCH3 is 1. The molecule has 0 aromatic heterocycles. The van der Waals surface area contributed by atoms with Gasteiger partial charge in [-0.2, -0.15) is 0 Å². The smallest absolute Gasteiger partial charge is 0.469 e. The molecule has 0 saturated carbocycles. The lowest BCUT2D eigenvalue weighted by molar-refractivity contribution is -0.160. The molecule has 0 aliphatic carbocycles. The first-order valence-corrected chi connectivity index (χ1v) is 10.9. The number of phosphoric acid groups is 1. The molecule has 4 atom stereocenters. The predicted octanol–water partition coefficient (Wildman–Crippen LogP) is 0.731. The summed E-state index contributed by atoms with van der Waals surface area (Å²) in [5.41, 5.74) is -0.797. The van der Waals surface area contributed by atoms with E-state index in [0.29, 0.717) is 13.0 Å². The fourth-order valence-electron chi connectivity index (χ4n) is 3.01. The van der Waals surface area contributed by atoms with Crippen LogP contribution in [0.15, 0.2) is 0 Å². The first-order valence-electron chi connectivity index (χ1n) is 9.40. The van der Waals surface area contributed by atoms with E-state index in [2.05, 4.69) is 15.4 Å². The minimum absolute atomic E-state index is 0.00948. The second-order valence-electron chi connectivity index (χ2n) is 7.66. The van der Waals surface area contributed by atoms with Gasteiger partial charge in [-0.3, -0.25) is 23.4 Å². The Hall–Kier alpha value is -1.52. The number of phosphoric ester groups is 1. The van der Waals surface area contributed by atoms with Crippen LogP contribution in [0.2, 0.25) is 0 Å². The summed E-state index contributed by atoms with van der Waals surface area (Å²) >= 11 is 0. The SMILES string of the molecule is COC(=O)CCNC(=O)[C@@H]1O[P@@](=O)(OCOC(=O)C2CCNC2C)OCC1(C)C. The molecule has 2 saturated heterocycles. The van der Waals surface area contributed by atoms with Gasteiger partial charge in [0.2, 0.25) is 12.7 Å². The van der Waals surface area contributed by atoms with Gasteiger partial charge < -0.3 is 20.1 Å². The summed E-state index contributed by atoms with van der Waals surface area (Å²) in [7, 11) is -2.86. The Morgan fingerprint density at radius 3 is 2.66 bits per heavy atom. The lowest BCUT2D eigenvalue weighted by Crippen LogP contribution is -2.50. The van der Waals surface area contributed by atoms with E-state index >= 15 is 0 Å². The Labute approximate surface area is 169 Å². The Morgan fingerprint density at radius 1 is 1.31 bits per heavy atom. The van der Waals surface area contributed by atoms with Crippen LogP contribution in [-0.4, -0.2) is 63.6 Å². The number of ether oxygens (including phenoxy) is 2. The van der Waals surface area contributed by atoms with E-state index in [1.807, 2.05) is 6.92 Å². The van der Waals surface area contributed by atoms with Crippen LogP contribution in [0.3, 0.4) is 0 Å². The molecule has 0 aromatic carbocycles. The number of amides is 1. The van der Waals surface area contributed by atoms with Crippen LogP contribution >= 0.6 is 7.82 Å². The van der Waals surface area contributed by atoms with Crippen LogP contribution in [-0.2, 0) is 42.0 Å². The molecule has 1 amide bonds. The van der Waals surface area contributed by atoms with E-state index in [-0.39, 0.29) is 31.5 Å². The summed E-state index contributed by atoms with van der Waals surface area (Å²) in [6.07, 6.45) is -0.508. The van der Waals surface area contributed by atoms with Crippen molar-refractivity contribution < 1.29 is 42.0 Å². The number of rotatable bonds is 8. The molecular formula is C17H29N2O9P. The number of esters is 2. The topological polar surface area (TPSA) is 138 Å². The molecule has 2 N–H and O–H groups in total. The molecule has 2 aliphatic heterocycles. The van der Waals surface area contributed by atoms with Gasteiger partial charge in [-0.05, 0) is 19.9 Å². The zero-order valence-corrected chi connectivity index (χ0v) is 18.0. The van der Waals surface area contributed by atoms with Crippen LogP contribution in [0.4, 0.5) is 0 Å². The highest BCUT2D eigenvalue weighted by atomic mass is 31.2. The molecule has 2 aliphatic rings. The van der Waals surface area contributed by atoms with Gasteiger partial charge in [0, 0.05) is 18.0 Å². The fraction of sp³-hybridized carbons (Fsp3) is 0.824. The molecule has 0 bridgehead atoms. The molecule has 2 heterocycles. The Morgan fingerprint density at radius 2 is 2.03 bits per heavy atom. The predicted molar refractivity (Wildman–Crippen MR) is 99.5 cm³/mol. The van der Waals surface area contributed by atoms with Crippen molar-refractivity contribution in [2.24, 2.45) is 11.3 Å². The molecule has 166 valence electrons. The summed E-state index contributed by atoms with van der Waals surface area (Å²) in [4.78, 5) is 35.7. The highest BCUT2D eigenvalue weighted by Gasteiger charge is 2.49. The summed E-state index contributed by atoms with van der Waals surface area (Å²) in [5, 5.41) is 5.67. The van der Waals surface area contributed by atoms with Gasteiger partial charge in [0.05, 0.1) is 26.1 Å². The number of hydrogen-bond acceptors (Lipinski definition) is 10. The molecule has 29 heavy (non-hydrogen) atoms. The second-order valence-corrected chi connectivity index (χ2v) is 9.28. The van der Waals surface area contributed by atoms with Crippen molar-refractivity contribution in [2.75, 3.05) is 33.6 Å². The van der Waals surface area contributed by atoms with E-state index in [4.69, 9.17) is 18.3 Å². The Balaban J connectivity index is 1.87. The largest absolute Gasteiger partial charge is 0.478 e. The summed E-state index contributed by atoms with van der Waals surface area (Å²) in [6, 6.07) is -0.0143. The summed E-state index contributed by atoms with van der Waals surface area (Å²) in [6.45, 7) is 5.35. The molecule has 2 unspecified atom stereocenters. The van der Waals surface area contributed by atoms with Crippen molar-refractivity contribution in [3.63, 3.8) is 0 Å². The maximum absolute atomic E-state index is 12.7. The van der Waals surface area contributed by atoms with Crippen molar-refractivity contribution in [1.82, 2.24) is 10.6 Å². The standard InChI is InChI=1S/C17H29N2O9P/c1-11-12(5-7-18-11)16(22)25-10-27-29(23)26-9-17(2,3)14(28-29)15(21)19-8-6-13(20)24-4/h11-12,14,18H,5-10H2,1-4H3,(H,19,21)/t11?,12?,14-,29+/m0/s1. The number of carbonyl (C=O) groups is 3. The minimum atomic E-state index is -4.11. The van der Waals surface area contributed by atoms with Crippen molar-refractivity contribution in [3.05, 3.63) is 0 Å². The minimum Gasteiger partial charge on any atom is -0.469 e. The van der Waals surface area contributed by atoms with Crippen LogP contribution < -0.4 is 10.6 Å². The molecule has 2 fully saturated rings. The third-order valence-corrected chi connectivity index (χ3v) is 6.21. The highest BCUT2D eigenvalue weighted by molar-refractivity contribution is 7.48. The van der Waals surface area contributed by atoms with Gasteiger partial charge in [-0.15, -0.1) is 0 Å². The van der Waals surface area contributed by atoms with Crippen LogP contribution in [0.1, 0.15) is 33.6 Å². The highest BCUT2D eigenvalue weighted by Crippen LogP contribution is 2.57. The average Bonchev–Trinajstić information content (AvgIpc) is 3.09. The lowest BCUT2D eigenvalue weighted by Gasteiger charge is -2.39. The van der Waals surface area contributed by atoms with E-state index in [1.54, 1.807) is 13.8 Å². The number of hydrogen-bond donors (Lipinski definition) is 2. The van der Waals surface area contributed by atoms with E-state index in [1.165, 1.54) is 7.11 Å². The van der Waals surface area contributed by atoms with E-state index in [9.17, 15) is 18.9 Å². The molecule has 0 radical (unpaired) electrons. The van der Waals surface area contributed by atoms with E-state index in [0.717, 1.165) is 0 Å². The second kappa shape index (κ2) is 9.99. The van der Waals surface area contributed by atoms with Crippen molar-refractivity contribution >= 4 is 25.7 Å². The fourth-order valence-corrected chi connectivity index (χ4v) is 4.52. The molecule has 11 nitrogen and oxygen atoms in total. The van der Waals surface area contributed by atoms with Crippen LogP contribution in [0, 0.1) is 11.3 Å². The monoisotopic (exact) mass is 436 g/mol. The Bertz CT molecular complexity index is 669. The maximum atomic E-state index is 12.7. The first-order chi connectivity index (χ1) is 13.6. The lowest BCUT2D eigenvalue weighted by atomic mass is 9.87. The maximum Gasteiger partial charge on any atom is 0.478 e. The van der Waals surface area contributed by atoms with Crippen LogP contribution in [0.5, 0.6) is 0 Å². The van der Waals surface area contributed by atoms with E-state index < -0.39 is 44.0 Å². The molecule has 0 aromatic rings. The third-order valence-electron chi connectivity index (χ3n) is 4.87. The van der Waals surface area contributed by atoms with Gasteiger partial charge in [0.1, 0.15) is 0 Å². The average molecular weight is 436 g/mol. The van der Waals surface area contributed by atoms with Crippen molar-refractivity contribution in [3.8, 4) is 0 Å². The zero-order chi connectivity index (χ0) is 21.7. The Kier molecular flexibility index (Phi) is 8.18. The molecular weight excluding hydrogens is 407 g/mol. The van der Waals surface area contributed by atoms with Gasteiger partial charge in [0.15, 0.2) is 6.10 Å². The van der Waals surface area contributed by atoms with Crippen LogP contribution in [0.25, 0.3) is 0 Å². The first kappa shape index (κ1) is 23.8. The quantitative estimate of drug-likeness (QED) is 0.318. The van der Waals surface area contributed by atoms with Crippen molar-refractivity contribution in [1.29, 1.82) is 0 Å². The summed E-state index contributed by atoms with van der Waals surface area (Å²) in [5.74, 6) is -1.81. The van der Waals surface area contributed by atoms with Gasteiger partial charge in [0.25, 0.3) is 0 Å².